The molecule has 8 heteroatoms. The van der Waals surface area contributed by atoms with E-state index in [0.717, 1.165) is 0 Å². The molecule has 3 amide bonds. The zero-order valence-corrected chi connectivity index (χ0v) is 14.8. The third-order valence-electron chi connectivity index (χ3n) is 3.51. The van der Waals surface area contributed by atoms with Crippen LogP contribution in [0.15, 0.2) is 24.3 Å². The van der Waals surface area contributed by atoms with Crippen LogP contribution in [0.2, 0.25) is 0 Å². The maximum absolute atomic E-state index is 12.0. The zero-order chi connectivity index (χ0) is 18.8. The average molecular weight is 350 g/mol. The normalized spacial score (nSPS) is 11.6. The first-order valence-corrected chi connectivity index (χ1v) is 8.07. The van der Waals surface area contributed by atoms with Crippen molar-refractivity contribution in [3.63, 3.8) is 0 Å². The number of carbonyl (C=O) groups is 3. The van der Waals surface area contributed by atoms with Crippen LogP contribution in [0.4, 0.5) is 0 Å². The van der Waals surface area contributed by atoms with Crippen LogP contribution in [0.1, 0.15) is 24.2 Å². The Morgan fingerprint density at radius 1 is 1.12 bits per heavy atom. The number of rotatable bonds is 9. The van der Waals surface area contributed by atoms with Crippen molar-refractivity contribution in [3.05, 3.63) is 29.8 Å². The molecule has 0 aromatic heterocycles. The van der Waals surface area contributed by atoms with E-state index in [1.165, 1.54) is 7.11 Å². The molecule has 8 nitrogen and oxygen atoms in total. The van der Waals surface area contributed by atoms with E-state index in [1.54, 1.807) is 24.3 Å². The number of hydrogen-bond acceptors (Lipinski definition) is 5. The van der Waals surface area contributed by atoms with Crippen LogP contribution in [0.25, 0.3) is 0 Å². The Balaban J connectivity index is 2.25. The highest BCUT2D eigenvalue weighted by Crippen LogP contribution is 2.12. The molecule has 1 atom stereocenters. The fourth-order valence-electron chi connectivity index (χ4n) is 1.89. The Bertz CT molecular complexity index is 604. The second-order valence-electron chi connectivity index (χ2n) is 5.83. The maximum atomic E-state index is 12.0. The van der Waals surface area contributed by atoms with Gasteiger partial charge in [-0.25, -0.2) is 0 Å². The summed E-state index contributed by atoms with van der Waals surface area (Å²) in [6.45, 7) is 4.02. The molecule has 0 saturated heterocycles. The molecule has 0 aliphatic heterocycles. The van der Waals surface area contributed by atoms with Gasteiger partial charge in [-0.05, 0) is 24.1 Å². The lowest BCUT2D eigenvalue weighted by atomic mass is 10.1. The summed E-state index contributed by atoms with van der Waals surface area (Å²) in [5, 5.41) is 7.76. The summed E-state index contributed by atoms with van der Waals surface area (Å²) in [5.41, 5.74) is 6.15. The summed E-state index contributed by atoms with van der Waals surface area (Å²) in [7, 11) is 1.53. The monoisotopic (exact) mass is 350 g/mol. The van der Waals surface area contributed by atoms with Crippen molar-refractivity contribution in [3.8, 4) is 5.75 Å². The summed E-state index contributed by atoms with van der Waals surface area (Å²) in [6.07, 6.45) is 0. The van der Waals surface area contributed by atoms with Gasteiger partial charge in [0.15, 0.2) is 0 Å². The molecular weight excluding hydrogens is 324 g/mol. The van der Waals surface area contributed by atoms with E-state index in [2.05, 4.69) is 16.0 Å². The van der Waals surface area contributed by atoms with Crippen molar-refractivity contribution >= 4 is 17.7 Å². The van der Waals surface area contributed by atoms with Gasteiger partial charge in [0.05, 0.1) is 19.7 Å². The zero-order valence-electron chi connectivity index (χ0n) is 14.8. The van der Waals surface area contributed by atoms with Gasteiger partial charge in [0, 0.05) is 18.7 Å². The van der Waals surface area contributed by atoms with E-state index in [-0.39, 0.29) is 43.3 Å². The van der Waals surface area contributed by atoms with E-state index >= 15 is 0 Å². The van der Waals surface area contributed by atoms with Crippen LogP contribution >= 0.6 is 0 Å². The molecule has 0 heterocycles. The van der Waals surface area contributed by atoms with Gasteiger partial charge in [-0.3, -0.25) is 14.4 Å². The molecule has 138 valence electrons. The van der Waals surface area contributed by atoms with E-state index in [0.29, 0.717) is 11.3 Å². The minimum Gasteiger partial charge on any atom is -0.497 e. The van der Waals surface area contributed by atoms with Crippen LogP contribution < -0.4 is 26.4 Å². The lowest BCUT2D eigenvalue weighted by molar-refractivity contribution is -0.127. The fraction of sp³-hybridized carbons (Fsp3) is 0.471. The number of nitrogens with two attached hydrogens (primary N) is 1. The maximum Gasteiger partial charge on any atom is 0.251 e. The molecule has 0 aliphatic rings. The van der Waals surface area contributed by atoms with E-state index in [9.17, 15) is 14.4 Å². The topological polar surface area (TPSA) is 123 Å². The van der Waals surface area contributed by atoms with Gasteiger partial charge in [0.2, 0.25) is 11.8 Å². The third-order valence-corrected chi connectivity index (χ3v) is 3.51. The Morgan fingerprint density at radius 2 is 1.80 bits per heavy atom. The van der Waals surface area contributed by atoms with Gasteiger partial charge >= 0.3 is 0 Å². The molecule has 0 fully saturated rings. The summed E-state index contributed by atoms with van der Waals surface area (Å²) in [4.78, 5) is 35.2. The lowest BCUT2D eigenvalue weighted by Crippen LogP contribution is -2.47. The second kappa shape index (κ2) is 10.3. The van der Waals surface area contributed by atoms with Crippen LogP contribution in [-0.4, -0.2) is 50.5 Å². The first kappa shape index (κ1) is 20.4. The SMILES string of the molecule is COc1cccc(C(=O)NCCNC(=O)CNC(=O)[C@@H](N)C(C)C)c1. The minimum atomic E-state index is -0.644. The molecule has 25 heavy (non-hydrogen) atoms. The Morgan fingerprint density at radius 3 is 2.44 bits per heavy atom. The standard InChI is InChI=1S/C17H26N4O4/c1-11(2)15(18)17(24)21-10-14(22)19-7-8-20-16(23)12-5-4-6-13(9-12)25-3/h4-6,9,11,15H,7-8,10,18H2,1-3H3,(H,19,22)(H,20,23)(H,21,24)/t15-/m0/s1. The van der Waals surface area contributed by atoms with Crippen LogP contribution in [0.5, 0.6) is 5.75 Å². The first-order valence-electron chi connectivity index (χ1n) is 8.07. The van der Waals surface area contributed by atoms with Crippen molar-refractivity contribution in [1.82, 2.24) is 16.0 Å². The molecule has 1 aromatic carbocycles. The average Bonchev–Trinajstić information content (AvgIpc) is 2.62. The van der Waals surface area contributed by atoms with Gasteiger partial charge in [0.1, 0.15) is 5.75 Å². The molecule has 1 rings (SSSR count). The van der Waals surface area contributed by atoms with Gasteiger partial charge < -0.3 is 26.4 Å². The molecule has 1 aromatic rings. The van der Waals surface area contributed by atoms with Gasteiger partial charge in [0.25, 0.3) is 5.91 Å². The first-order chi connectivity index (χ1) is 11.8. The molecule has 5 N–H and O–H groups in total. The molecule has 0 saturated carbocycles. The molecule has 0 radical (unpaired) electrons. The highest BCUT2D eigenvalue weighted by atomic mass is 16.5. The summed E-state index contributed by atoms with van der Waals surface area (Å²) >= 11 is 0. The fourth-order valence-corrected chi connectivity index (χ4v) is 1.89. The lowest BCUT2D eigenvalue weighted by Gasteiger charge is -2.15. The van der Waals surface area contributed by atoms with Crippen molar-refractivity contribution in [2.45, 2.75) is 19.9 Å². The van der Waals surface area contributed by atoms with Crippen molar-refractivity contribution < 1.29 is 19.1 Å². The molecular formula is C17H26N4O4. The molecule has 0 aliphatic carbocycles. The van der Waals surface area contributed by atoms with Gasteiger partial charge in [-0.15, -0.1) is 0 Å². The quantitative estimate of drug-likeness (QED) is 0.453. The van der Waals surface area contributed by atoms with Gasteiger partial charge in [-0.2, -0.15) is 0 Å². The molecule has 0 unspecified atom stereocenters. The summed E-state index contributed by atoms with van der Waals surface area (Å²) in [6, 6.07) is 6.12. The Kier molecular flexibility index (Phi) is 8.42. The number of amides is 3. The van der Waals surface area contributed by atoms with Crippen molar-refractivity contribution in [2.75, 3.05) is 26.7 Å². The largest absolute Gasteiger partial charge is 0.497 e. The summed E-state index contributed by atoms with van der Waals surface area (Å²) < 4.78 is 5.06. The number of ether oxygens (including phenoxy) is 1. The number of carbonyl (C=O) groups excluding carboxylic acids is 3. The number of benzene rings is 1. The minimum absolute atomic E-state index is 0.00474. The number of hydrogen-bond donors (Lipinski definition) is 4. The predicted molar refractivity (Wildman–Crippen MR) is 94.2 cm³/mol. The second-order valence-corrected chi connectivity index (χ2v) is 5.83. The van der Waals surface area contributed by atoms with Gasteiger partial charge in [-0.1, -0.05) is 19.9 Å². The molecule has 0 bridgehead atoms. The Labute approximate surface area is 147 Å². The van der Waals surface area contributed by atoms with Crippen molar-refractivity contribution in [2.24, 2.45) is 11.7 Å². The molecule has 0 spiro atoms. The predicted octanol–water partition coefficient (Wildman–Crippen LogP) is -0.359. The van der Waals surface area contributed by atoms with E-state index < -0.39 is 6.04 Å². The number of nitrogens with one attached hydrogen (secondary N) is 3. The number of methoxy groups -OCH3 is 1. The van der Waals surface area contributed by atoms with Crippen LogP contribution in [0, 0.1) is 5.92 Å². The smallest absolute Gasteiger partial charge is 0.251 e. The Hall–Kier alpha value is -2.61. The van der Waals surface area contributed by atoms with Crippen LogP contribution in [-0.2, 0) is 9.59 Å². The highest BCUT2D eigenvalue weighted by Gasteiger charge is 2.17. The van der Waals surface area contributed by atoms with Crippen LogP contribution in [0.3, 0.4) is 0 Å². The van der Waals surface area contributed by atoms with E-state index in [4.69, 9.17) is 10.5 Å². The third kappa shape index (κ3) is 7.21. The van der Waals surface area contributed by atoms with E-state index in [1.807, 2.05) is 13.8 Å². The highest BCUT2D eigenvalue weighted by molar-refractivity contribution is 5.94. The van der Waals surface area contributed by atoms with Crippen molar-refractivity contribution in [1.29, 1.82) is 0 Å². The summed E-state index contributed by atoms with van der Waals surface area (Å²) in [5.74, 6) is -0.382.